The van der Waals surface area contributed by atoms with Gasteiger partial charge >= 0.3 is 6.09 Å². The highest BCUT2D eigenvalue weighted by atomic mass is 19.2. The van der Waals surface area contributed by atoms with E-state index < -0.39 is 28.8 Å². The summed E-state index contributed by atoms with van der Waals surface area (Å²) in [6, 6.07) is 8.14. The number of nitro groups is 1. The van der Waals surface area contributed by atoms with Crippen molar-refractivity contribution in [1.29, 1.82) is 0 Å². The molecule has 0 saturated carbocycles. The lowest BCUT2D eigenvalue weighted by molar-refractivity contribution is -0.384. The number of hydrogen-bond acceptors (Lipinski definition) is 5. The summed E-state index contributed by atoms with van der Waals surface area (Å²) in [5.74, 6) is -1.98. The fraction of sp³-hybridized carbons (Fsp3) is 0.0588. The van der Waals surface area contributed by atoms with Crippen molar-refractivity contribution in [2.75, 3.05) is 0 Å². The average molecular weight is 359 g/mol. The van der Waals surface area contributed by atoms with Crippen LogP contribution < -0.4 is 4.74 Å². The van der Waals surface area contributed by atoms with E-state index in [0.29, 0.717) is 0 Å². The van der Waals surface area contributed by atoms with Gasteiger partial charge in [0.15, 0.2) is 17.8 Å². The van der Waals surface area contributed by atoms with E-state index in [0.717, 1.165) is 17.0 Å². The molecule has 1 aliphatic rings. The second-order valence-corrected chi connectivity index (χ2v) is 5.21. The SMILES string of the molecule is O=C(Oc1ccc([N+](=O)[O-])cc1)N1C=CC=NC1c1ccc(F)c(F)c1. The average Bonchev–Trinajstić information content (AvgIpc) is 2.64. The molecule has 1 atom stereocenters. The van der Waals surface area contributed by atoms with Gasteiger partial charge in [-0.3, -0.25) is 20.0 Å². The first-order valence-corrected chi connectivity index (χ1v) is 7.35. The first-order valence-electron chi connectivity index (χ1n) is 7.35. The second kappa shape index (κ2) is 7.09. The van der Waals surface area contributed by atoms with Crippen LogP contribution in [-0.4, -0.2) is 22.1 Å². The molecule has 1 amide bonds. The van der Waals surface area contributed by atoms with Crippen molar-refractivity contribution in [1.82, 2.24) is 4.90 Å². The number of carbonyl (C=O) groups is 1. The number of nitro benzene ring substituents is 1. The maximum Gasteiger partial charge on any atom is 0.421 e. The molecule has 1 unspecified atom stereocenters. The summed E-state index contributed by atoms with van der Waals surface area (Å²) >= 11 is 0. The quantitative estimate of drug-likeness (QED) is 0.613. The predicted molar refractivity (Wildman–Crippen MR) is 87.7 cm³/mol. The summed E-state index contributed by atoms with van der Waals surface area (Å²) in [5.41, 5.74) is 0.108. The van der Waals surface area contributed by atoms with Gasteiger partial charge in [0.25, 0.3) is 5.69 Å². The highest BCUT2D eigenvalue weighted by Gasteiger charge is 2.26. The minimum absolute atomic E-state index is 0.0904. The minimum Gasteiger partial charge on any atom is -0.410 e. The Balaban J connectivity index is 1.80. The molecule has 1 heterocycles. The van der Waals surface area contributed by atoms with Gasteiger partial charge < -0.3 is 4.74 Å². The van der Waals surface area contributed by atoms with E-state index in [2.05, 4.69) is 4.99 Å². The van der Waals surface area contributed by atoms with Gasteiger partial charge in [-0.05, 0) is 30.3 Å². The molecule has 7 nitrogen and oxygen atoms in total. The molecule has 0 N–H and O–H groups in total. The maximum absolute atomic E-state index is 13.5. The molecule has 26 heavy (non-hydrogen) atoms. The van der Waals surface area contributed by atoms with Crippen LogP contribution in [0.5, 0.6) is 5.75 Å². The normalized spacial score (nSPS) is 15.8. The molecule has 2 aromatic rings. The smallest absolute Gasteiger partial charge is 0.410 e. The number of non-ortho nitro benzene ring substituents is 1. The van der Waals surface area contributed by atoms with Crippen LogP contribution >= 0.6 is 0 Å². The van der Waals surface area contributed by atoms with Crippen molar-refractivity contribution in [2.45, 2.75) is 6.17 Å². The Labute approximate surface area is 146 Å². The first-order chi connectivity index (χ1) is 12.5. The number of nitrogens with zero attached hydrogens (tertiary/aromatic N) is 3. The summed E-state index contributed by atoms with van der Waals surface area (Å²) in [5, 5.41) is 10.6. The van der Waals surface area contributed by atoms with Crippen molar-refractivity contribution in [2.24, 2.45) is 4.99 Å². The largest absolute Gasteiger partial charge is 0.421 e. The Morgan fingerprint density at radius 3 is 2.54 bits per heavy atom. The zero-order valence-electron chi connectivity index (χ0n) is 13.1. The lowest BCUT2D eigenvalue weighted by atomic mass is 10.1. The fourth-order valence-corrected chi connectivity index (χ4v) is 2.29. The standard InChI is InChI=1S/C17H11F2N3O4/c18-14-7-2-11(10-15(14)19)16-20-8-1-9-21(16)17(23)26-13-5-3-12(4-6-13)22(24)25/h1-10,16H. The number of allylic oxidation sites excluding steroid dienone is 1. The van der Waals surface area contributed by atoms with Crippen LogP contribution in [0.3, 0.4) is 0 Å². The van der Waals surface area contributed by atoms with Gasteiger partial charge in [0.05, 0.1) is 4.92 Å². The molecule has 0 saturated heterocycles. The first kappa shape index (κ1) is 17.2. The third-order valence-electron chi connectivity index (χ3n) is 3.53. The van der Waals surface area contributed by atoms with Crippen molar-refractivity contribution < 1.29 is 23.2 Å². The maximum atomic E-state index is 13.5. The second-order valence-electron chi connectivity index (χ2n) is 5.21. The Morgan fingerprint density at radius 1 is 1.15 bits per heavy atom. The number of rotatable bonds is 3. The summed E-state index contributed by atoms with van der Waals surface area (Å²) in [4.78, 5) is 27.6. The molecule has 0 bridgehead atoms. The van der Waals surface area contributed by atoms with Crippen LogP contribution in [0.15, 0.2) is 59.7 Å². The highest BCUT2D eigenvalue weighted by Crippen LogP contribution is 2.27. The highest BCUT2D eigenvalue weighted by molar-refractivity contribution is 5.78. The summed E-state index contributed by atoms with van der Waals surface area (Å²) < 4.78 is 31.8. The van der Waals surface area contributed by atoms with Gasteiger partial charge in [-0.15, -0.1) is 0 Å². The molecule has 0 spiro atoms. The van der Waals surface area contributed by atoms with Crippen LogP contribution in [0.1, 0.15) is 11.7 Å². The van der Waals surface area contributed by atoms with Crippen LogP contribution in [-0.2, 0) is 0 Å². The number of amides is 1. The van der Waals surface area contributed by atoms with Crippen LogP contribution in [0.25, 0.3) is 0 Å². The lowest BCUT2D eigenvalue weighted by Gasteiger charge is -2.27. The van der Waals surface area contributed by atoms with Gasteiger partial charge in [-0.1, -0.05) is 6.07 Å². The van der Waals surface area contributed by atoms with Crippen LogP contribution in [0, 0.1) is 21.7 Å². The van der Waals surface area contributed by atoms with E-state index in [1.54, 1.807) is 0 Å². The molecule has 3 rings (SSSR count). The molecule has 0 aromatic heterocycles. The molecule has 0 fully saturated rings. The molecule has 0 aliphatic carbocycles. The van der Waals surface area contributed by atoms with Gasteiger partial charge in [-0.2, -0.15) is 0 Å². The fourth-order valence-electron chi connectivity index (χ4n) is 2.29. The Hall–Kier alpha value is -3.62. The van der Waals surface area contributed by atoms with E-state index in [4.69, 9.17) is 4.74 Å². The van der Waals surface area contributed by atoms with E-state index in [1.165, 1.54) is 48.8 Å². The van der Waals surface area contributed by atoms with Crippen molar-refractivity contribution >= 4 is 18.0 Å². The number of aliphatic imine (C=N–C) groups is 1. The van der Waals surface area contributed by atoms with Gasteiger partial charge in [-0.25, -0.2) is 13.6 Å². The lowest BCUT2D eigenvalue weighted by Crippen LogP contribution is -2.33. The molecule has 9 heteroatoms. The third kappa shape index (κ3) is 3.56. The molecule has 1 aliphatic heterocycles. The monoisotopic (exact) mass is 359 g/mol. The third-order valence-corrected chi connectivity index (χ3v) is 3.53. The summed E-state index contributed by atoms with van der Waals surface area (Å²) in [7, 11) is 0. The zero-order chi connectivity index (χ0) is 18.7. The van der Waals surface area contributed by atoms with Gasteiger partial charge in [0, 0.05) is 30.1 Å². The Kier molecular flexibility index (Phi) is 4.70. The van der Waals surface area contributed by atoms with Gasteiger partial charge in [0.2, 0.25) is 0 Å². The van der Waals surface area contributed by atoms with Crippen LogP contribution in [0.2, 0.25) is 0 Å². The van der Waals surface area contributed by atoms with Crippen LogP contribution in [0.4, 0.5) is 19.3 Å². The molecule has 132 valence electrons. The summed E-state index contributed by atoms with van der Waals surface area (Å²) in [6.07, 6.45) is 2.52. The summed E-state index contributed by atoms with van der Waals surface area (Å²) in [6.45, 7) is 0. The number of halogens is 2. The zero-order valence-corrected chi connectivity index (χ0v) is 13.1. The van der Waals surface area contributed by atoms with Crippen molar-refractivity contribution in [3.05, 3.63) is 82.1 Å². The predicted octanol–water partition coefficient (Wildman–Crippen LogP) is 3.97. The number of carbonyl (C=O) groups excluding carboxylic acids is 1. The van der Waals surface area contributed by atoms with E-state index in [-0.39, 0.29) is 17.0 Å². The van der Waals surface area contributed by atoms with Crippen molar-refractivity contribution in [3.8, 4) is 5.75 Å². The molecule has 0 radical (unpaired) electrons. The Bertz CT molecular complexity index is 913. The van der Waals surface area contributed by atoms with E-state index >= 15 is 0 Å². The van der Waals surface area contributed by atoms with E-state index in [9.17, 15) is 23.7 Å². The number of hydrogen-bond donors (Lipinski definition) is 0. The molecular formula is C17H11F2N3O4. The number of benzene rings is 2. The minimum atomic E-state index is -1.06. The topological polar surface area (TPSA) is 85.0 Å². The molecule has 2 aromatic carbocycles. The molecular weight excluding hydrogens is 348 g/mol. The van der Waals surface area contributed by atoms with Gasteiger partial charge in [0.1, 0.15) is 5.75 Å². The van der Waals surface area contributed by atoms with E-state index in [1.807, 2.05) is 0 Å². The van der Waals surface area contributed by atoms with Crippen molar-refractivity contribution in [3.63, 3.8) is 0 Å². The Morgan fingerprint density at radius 2 is 1.88 bits per heavy atom. The number of ether oxygens (including phenoxy) is 1.